The summed E-state index contributed by atoms with van der Waals surface area (Å²) < 4.78 is 22.3. The molecule has 1 saturated carbocycles. The minimum atomic E-state index is -3.66. The largest absolute Gasteiger partial charge is 0.355 e. The van der Waals surface area contributed by atoms with Crippen LogP contribution in [0.1, 0.15) is 31.2 Å². The summed E-state index contributed by atoms with van der Waals surface area (Å²) in [6.07, 6.45) is 4.47. The quantitative estimate of drug-likeness (QED) is 0.699. The van der Waals surface area contributed by atoms with Crippen LogP contribution < -0.4 is 16.2 Å². The number of hydrogen-bond donors (Lipinski definition) is 3. The van der Waals surface area contributed by atoms with Gasteiger partial charge in [0.2, 0.25) is 15.9 Å². The predicted molar refractivity (Wildman–Crippen MR) is 91.7 cm³/mol. The molecule has 0 heterocycles. The molecule has 1 aromatic rings. The van der Waals surface area contributed by atoms with E-state index in [9.17, 15) is 13.2 Å². The molecular weight excluding hydrogens is 338 g/mol. The van der Waals surface area contributed by atoms with E-state index in [0.29, 0.717) is 19.5 Å². The average Bonchev–Trinajstić information content (AvgIpc) is 2.97. The first-order chi connectivity index (χ1) is 10.4. The van der Waals surface area contributed by atoms with Gasteiger partial charge in [0.15, 0.2) is 0 Å². The number of carbonyl (C=O) groups excluding carboxylic acids is 1. The van der Waals surface area contributed by atoms with Crippen molar-refractivity contribution in [3.63, 3.8) is 0 Å². The summed E-state index contributed by atoms with van der Waals surface area (Å²) in [7, 11) is -3.66. The van der Waals surface area contributed by atoms with Gasteiger partial charge in [0.1, 0.15) is 0 Å². The second-order valence-electron chi connectivity index (χ2n) is 5.89. The maximum atomic E-state index is 12.3. The van der Waals surface area contributed by atoms with Crippen molar-refractivity contribution in [1.29, 1.82) is 0 Å². The van der Waals surface area contributed by atoms with Crippen molar-refractivity contribution >= 4 is 28.3 Å². The Bertz CT molecular complexity index is 626. The molecule has 1 aliphatic carbocycles. The number of halogens is 1. The number of nitrogens with one attached hydrogen (secondary N) is 1. The van der Waals surface area contributed by atoms with E-state index in [1.165, 1.54) is 12.1 Å². The Morgan fingerprint density at radius 1 is 1.17 bits per heavy atom. The molecule has 0 bridgehead atoms. The summed E-state index contributed by atoms with van der Waals surface area (Å²) >= 11 is 0. The third kappa shape index (κ3) is 4.91. The number of sulfonamides is 1. The Morgan fingerprint density at radius 3 is 2.22 bits per heavy atom. The molecule has 0 saturated heterocycles. The monoisotopic (exact) mass is 361 g/mol. The molecule has 0 aromatic heterocycles. The zero-order chi connectivity index (χ0) is 16.2. The van der Waals surface area contributed by atoms with Gasteiger partial charge in [0.25, 0.3) is 0 Å². The molecule has 6 nitrogen and oxygen atoms in total. The van der Waals surface area contributed by atoms with Crippen molar-refractivity contribution in [2.24, 2.45) is 16.3 Å². The number of amides is 1. The number of benzene rings is 1. The number of rotatable bonds is 6. The highest BCUT2D eigenvalue weighted by molar-refractivity contribution is 7.89. The Balaban J connectivity index is 0.00000264. The van der Waals surface area contributed by atoms with E-state index < -0.39 is 15.4 Å². The van der Waals surface area contributed by atoms with Gasteiger partial charge in [-0.2, -0.15) is 0 Å². The van der Waals surface area contributed by atoms with Gasteiger partial charge in [-0.1, -0.05) is 25.0 Å². The lowest BCUT2D eigenvalue weighted by Gasteiger charge is -2.25. The first-order valence-electron chi connectivity index (χ1n) is 7.47. The van der Waals surface area contributed by atoms with Crippen molar-refractivity contribution in [3.05, 3.63) is 29.8 Å². The van der Waals surface area contributed by atoms with E-state index in [-0.39, 0.29) is 23.2 Å². The van der Waals surface area contributed by atoms with Gasteiger partial charge in [-0.3, -0.25) is 4.79 Å². The second-order valence-corrected chi connectivity index (χ2v) is 7.45. The van der Waals surface area contributed by atoms with Crippen LogP contribution in [-0.4, -0.2) is 27.4 Å². The van der Waals surface area contributed by atoms with Crippen molar-refractivity contribution in [2.75, 3.05) is 13.1 Å². The highest BCUT2D eigenvalue weighted by Crippen LogP contribution is 2.37. The van der Waals surface area contributed by atoms with Crippen molar-refractivity contribution in [1.82, 2.24) is 5.32 Å². The Labute approximate surface area is 143 Å². The topological polar surface area (TPSA) is 115 Å². The maximum Gasteiger partial charge on any atom is 0.238 e. The molecule has 23 heavy (non-hydrogen) atoms. The molecule has 5 N–H and O–H groups in total. The standard InChI is InChI=1S/C15H23N3O3S.ClH/c16-11-15(8-1-2-9-15)14(19)18-10-7-12-3-5-13(6-4-12)22(17,20)21;/h3-6H,1-2,7-11,16H2,(H,18,19)(H2,17,20,21);1H. The first kappa shape index (κ1) is 19.9. The van der Waals surface area contributed by atoms with Crippen LogP contribution in [0.2, 0.25) is 0 Å². The predicted octanol–water partition coefficient (Wildman–Crippen LogP) is 0.934. The molecule has 1 aromatic carbocycles. The van der Waals surface area contributed by atoms with Gasteiger partial charge >= 0.3 is 0 Å². The molecule has 0 atom stereocenters. The summed E-state index contributed by atoms with van der Waals surface area (Å²) in [5.41, 5.74) is 6.33. The summed E-state index contributed by atoms with van der Waals surface area (Å²) in [5.74, 6) is 0.0358. The van der Waals surface area contributed by atoms with Gasteiger partial charge in [0.05, 0.1) is 10.3 Å². The van der Waals surface area contributed by atoms with Gasteiger partial charge in [-0.25, -0.2) is 13.6 Å². The lowest BCUT2D eigenvalue weighted by Crippen LogP contribution is -2.44. The van der Waals surface area contributed by atoms with Crippen LogP contribution in [-0.2, 0) is 21.2 Å². The van der Waals surface area contributed by atoms with Crippen LogP contribution in [0.15, 0.2) is 29.2 Å². The normalized spacial score (nSPS) is 16.6. The number of nitrogens with two attached hydrogens (primary N) is 2. The molecule has 1 amide bonds. The van der Waals surface area contributed by atoms with Gasteiger partial charge in [0, 0.05) is 13.1 Å². The van der Waals surface area contributed by atoms with Crippen LogP contribution >= 0.6 is 12.4 Å². The van der Waals surface area contributed by atoms with Crippen LogP contribution in [0.25, 0.3) is 0 Å². The van der Waals surface area contributed by atoms with E-state index in [2.05, 4.69) is 5.32 Å². The summed E-state index contributed by atoms with van der Waals surface area (Å²) in [5, 5.41) is 8.00. The maximum absolute atomic E-state index is 12.3. The number of hydrogen-bond acceptors (Lipinski definition) is 4. The molecule has 1 fully saturated rings. The van der Waals surface area contributed by atoms with Crippen molar-refractivity contribution in [2.45, 2.75) is 37.0 Å². The third-order valence-corrected chi connectivity index (χ3v) is 5.31. The van der Waals surface area contributed by atoms with Gasteiger partial charge in [-0.15, -0.1) is 12.4 Å². The zero-order valence-electron chi connectivity index (χ0n) is 13.0. The Morgan fingerprint density at radius 2 is 1.74 bits per heavy atom. The molecule has 1 aliphatic rings. The number of primary sulfonamides is 1. The van der Waals surface area contributed by atoms with Gasteiger partial charge in [-0.05, 0) is 37.0 Å². The van der Waals surface area contributed by atoms with E-state index in [1.54, 1.807) is 12.1 Å². The Hall–Kier alpha value is -1.15. The van der Waals surface area contributed by atoms with Gasteiger partial charge < -0.3 is 11.1 Å². The fraction of sp³-hybridized carbons (Fsp3) is 0.533. The minimum Gasteiger partial charge on any atom is -0.355 e. The smallest absolute Gasteiger partial charge is 0.238 e. The molecule has 0 radical (unpaired) electrons. The van der Waals surface area contributed by atoms with E-state index in [0.717, 1.165) is 31.2 Å². The Kier molecular flexibility index (Phi) is 7.01. The molecule has 0 aliphatic heterocycles. The summed E-state index contributed by atoms with van der Waals surface area (Å²) in [6.45, 7) is 0.900. The molecule has 0 unspecified atom stereocenters. The lowest BCUT2D eigenvalue weighted by atomic mass is 9.85. The summed E-state index contributed by atoms with van der Waals surface area (Å²) in [6, 6.07) is 6.37. The third-order valence-electron chi connectivity index (χ3n) is 4.38. The van der Waals surface area contributed by atoms with Crippen LogP contribution in [0.5, 0.6) is 0 Å². The van der Waals surface area contributed by atoms with E-state index in [1.807, 2.05) is 0 Å². The fourth-order valence-electron chi connectivity index (χ4n) is 2.93. The molecule has 0 spiro atoms. The van der Waals surface area contributed by atoms with Crippen LogP contribution in [0.4, 0.5) is 0 Å². The molecule has 8 heteroatoms. The first-order valence-corrected chi connectivity index (χ1v) is 9.02. The highest BCUT2D eigenvalue weighted by atomic mass is 35.5. The average molecular weight is 362 g/mol. The summed E-state index contributed by atoms with van der Waals surface area (Å²) in [4.78, 5) is 12.4. The van der Waals surface area contributed by atoms with E-state index in [4.69, 9.17) is 10.9 Å². The van der Waals surface area contributed by atoms with E-state index >= 15 is 0 Å². The van der Waals surface area contributed by atoms with Crippen LogP contribution in [0, 0.1) is 5.41 Å². The lowest BCUT2D eigenvalue weighted by molar-refractivity contribution is -0.130. The molecule has 2 rings (SSSR count). The number of carbonyl (C=O) groups is 1. The molecule has 130 valence electrons. The fourth-order valence-corrected chi connectivity index (χ4v) is 3.44. The molecular formula is C15H24ClN3O3S. The zero-order valence-corrected chi connectivity index (χ0v) is 14.6. The van der Waals surface area contributed by atoms with Crippen molar-refractivity contribution < 1.29 is 13.2 Å². The SMILES string of the molecule is Cl.NCC1(C(=O)NCCc2ccc(S(N)(=O)=O)cc2)CCCC1. The highest BCUT2D eigenvalue weighted by Gasteiger charge is 2.39. The van der Waals surface area contributed by atoms with Crippen molar-refractivity contribution in [3.8, 4) is 0 Å². The minimum absolute atomic E-state index is 0. The second kappa shape index (κ2) is 8.10. The van der Waals surface area contributed by atoms with Crippen LogP contribution in [0.3, 0.4) is 0 Å².